The van der Waals surface area contributed by atoms with Crippen LogP contribution in [0.3, 0.4) is 0 Å². The quantitative estimate of drug-likeness (QED) is 0.381. The van der Waals surface area contributed by atoms with Crippen molar-refractivity contribution in [1.29, 1.82) is 0 Å². The summed E-state index contributed by atoms with van der Waals surface area (Å²) < 4.78 is 30.9. The van der Waals surface area contributed by atoms with Gasteiger partial charge in [-0.3, -0.25) is 0 Å². The fraction of sp³-hybridized carbons (Fsp3) is 1.00. The molecule has 0 amide bonds. The molecule has 0 N–H and O–H groups in total. The van der Waals surface area contributed by atoms with E-state index in [-0.39, 0.29) is 59.1 Å². The molecule has 2 atom stereocenters. The van der Waals surface area contributed by atoms with Crippen molar-refractivity contribution >= 4 is 98.8 Å². The van der Waals surface area contributed by atoms with E-state index in [1.807, 2.05) is 0 Å². The summed E-state index contributed by atoms with van der Waals surface area (Å²) in [5.74, 6) is 0. The Balaban J connectivity index is 0. The van der Waals surface area contributed by atoms with Gasteiger partial charge in [0.25, 0.3) is 0 Å². The Labute approximate surface area is 124 Å². The number of hydrogen-bond acceptors (Lipinski definition) is 5. The smallest absolute Gasteiger partial charge is 0.0403 e. The first-order valence-electron chi connectivity index (χ1n) is 1.88. The van der Waals surface area contributed by atoms with Crippen LogP contribution in [0.2, 0.25) is 0 Å². The Bertz CT molecular complexity index is 180. The molecule has 1 rings (SSSR count). The second kappa shape index (κ2) is 7.02. The first-order chi connectivity index (χ1) is 4.49. The molecule has 1 aliphatic rings. The van der Waals surface area contributed by atoms with E-state index >= 15 is 0 Å². The van der Waals surface area contributed by atoms with Gasteiger partial charge in [-0.25, -0.2) is 0 Å². The molecular formula is CCl2Na2O5P2+2. The van der Waals surface area contributed by atoms with Crippen LogP contribution >= 0.6 is 39.7 Å². The molecule has 0 spiro atoms. The third-order valence-electron chi connectivity index (χ3n) is 0.495. The van der Waals surface area contributed by atoms with Crippen LogP contribution in [0.15, 0.2) is 0 Å². The molecule has 58 valence electrons. The van der Waals surface area contributed by atoms with E-state index in [1.54, 1.807) is 0 Å². The fourth-order valence-corrected chi connectivity index (χ4v) is 2.14. The Morgan fingerprint density at radius 1 is 1.00 bits per heavy atom. The summed E-state index contributed by atoms with van der Waals surface area (Å²) in [5, 5.41) is 0. The summed E-state index contributed by atoms with van der Waals surface area (Å²) >= 11 is 10.3. The van der Waals surface area contributed by atoms with Crippen molar-refractivity contribution in [1.82, 2.24) is 0 Å². The summed E-state index contributed by atoms with van der Waals surface area (Å²) in [7, 11) is -5.08. The summed E-state index contributed by atoms with van der Waals surface area (Å²) in [4.78, 5) is 0. The molecule has 12 heavy (non-hydrogen) atoms. The van der Waals surface area contributed by atoms with Crippen LogP contribution in [-0.4, -0.2) is 63.8 Å². The van der Waals surface area contributed by atoms with Gasteiger partial charge in [-0.2, -0.15) is 0 Å². The Morgan fingerprint density at radius 2 is 1.33 bits per heavy atom. The summed E-state index contributed by atoms with van der Waals surface area (Å²) in [5.41, 5.74) is 0. The first kappa shape index (κ1) is 17.1. The molecular weight excluding hydrogens is 271 g/mol. The molecule has 2 unspecified atom stereocenters. The van der Waals surface area contributed by atoms with Gasteiger partial charge in [0.2, 0.25) is 0 Å². The van der Waals surface area contributed by atoms with Crippen LogP contribution in [-0.2, 0) is 22.5 Å². The molecule has 1 aliphatic heterocycles. The summed E-state index contributed by atoms with van der Waals surface area (Å²) in [6, 6.07) is 0. The zero-order valence-electron chi connectivity index (χ0n) is 6.19. The van der Waals surface area contributed by atoms with Crippen molar-refractivity contribution in [3.8, 4) is 0 Å². The van der Waals surface area contributed by atoms with E-state index in [9.17, 15) is 9.13 Å². The molecule has 0 aromatic carbocycles. The normalized spacial score (nSPS) is 26.8. The maximum atomic E-state index is 10.4. The maximum absolute atomic E-state index is 10.4. The molecule has 1 heterocycles. The van der Waals surface area contributed by atoms with E-state index in [0.29, 0.717) is 0 Å². The van der Waals surface area contributed by atoms with Gasteiger partial charge in [0.15, 0.2) is 4.31 Å². The van der Waals surface area contributed by atoms with Gasteiger partial charge in [-0.15, -0.1) is 0 Å². The average Bonchev–Trinajstić information content (AvgIpc) is 1.54. The van der Waals surface area contributed by atoms with Crippen molar-refractivity contribution in [2.45, 2.75) is 4.71 Å². The third-order valence-corrected chi connectivity index (χ3v) is 3.11. The van der Waals surface area contributed by atoms with Crippen molar-refractivity contribution in [2.75, 3.05) is 0 Å². The van der Waals surface area contributed by atoms with Crippen molar-refractivity contribution in [3.63, 3.8) is 0 Å². The van der Waals surface area contributed by atoms with Gasteiger partial charge in [0, 0.05) is 68.2 Å². The molecule has 0 aromatic heterocycles. The monoisotopic (exact) mass is 270 g/mol. The topological polar surface area (TPSA) is 61.8 Å². The van der Waals surface area contributed by atoms with Crippen molar-refractivity contribution in [3.05, 3.63) is 0 Å². The third kappa shape index (κ3) is 6.20. The van der Waals surface area contributed by atoms with E-state index in [2.05, 4.69) is 13.4 Å². The predicted molar refractivity (Wildman–Crippen MR) is 44.4 cm³/mol. The average molecular weight is 271 g/mol. The van der Waals surface area contributed by atoms with Gasteiger partial charge in [0.05, 0.1) is 0 Å². The zero-order valence-corrected chi connectivity index (χ0v) is 13.5. The SMILES string of the molecule is O=[P+]1O[P+](=O)OC(Cl)(Cl)O1.[Na].[Na]. The molecule has 0 bridgehead atoms. The molecule has 0 saturated carbocycles. The predicted octanol–water partition coefficient (Wildman–Crippen LogP) is 1.69. The van der Waals surface area contributed by atoms with Crippen molar-refractivity contribution in [2.24, 2.45) is 0 Å². The van der Waals surface area contributed by atoms with E-state index in [0.717, 1.165) is 0 Å². The fourth-order valence-electron chi connectivity index (χ4n) is 0.278. The van der Waals surface area contributed by atoms with Gasteiger partial charge in [-0.1, -0.05) is 0 Å². The first-order valence-corrected chi connectivity index (χ1v) is 4.83. The van der Waals surface area contributed by atoms with Crippen LogP contribution in [0.4, 0.5) is 0 Å². The molecule has 11 heteroatoms. The minimum absolute atomic E-state index is 0. The second-order valence-corrected chi connectivity index (χ2v) is 4.28. The minimum Gasteiger partial charge on any atom is -0.0403 e. The standard InChI is InChI=1S/CCl2O5P2.2Na/c2-1(3)6-9(4)8-10(5)7-1;;/q+2;;. The molecule has 0 aliphatic carbocycles. The molecule has 1 fully saturated rings. The maximum Gasteiger partial charge on any atom is 0.753 e. The molecule has 1 saturated heterocycles. The second-order valence-electron chi connectivity index (χ2n) is 1.17. The molecule has 2 radical (unpaired) electrons. The van der Waals surface area contributed by atoms with Crippen LogP contribution in [0.1, 0.15) is 0 Å². The Kier molecular flexibility index (Phi) is 9.98. The number of hydrogen-bond donors (Lipinski definition) is 0. The Hall–Kier alpha value is 2.66. The van der Waals surface area contributed by atoms with Crippen LogP contribution < -0.4 is 0 Å². The largest absolute Gasteiger partial charge is 0.753 e. The van der Waals surface area contributed by atoms with Crippen LogP contribution in [0.25, 0.3) is 0 Å². The minimum atomic E-state index is -2.54. The summed E-state index contributed by atoms with van der Waals surface area (Å²) in [6.07, 6.45) is 0. The van der Waals surface area contributed by atoms with Gasteiger partial charge in [0.1, 0.15) is 0 Å². The number of halogens is 2. The van der Waals surface area contributed by atoms with Gasteiger partial charge in [-0.05, 0) is 32.2 Å². The van der Waals surface area contributed by atoms with Gasteiger partial charge >= 0.3 is 21.2 Å². The van der Waals surface area contributed by atoms with E-state index in [1.165, 1.54) is 0 Å². The van der Waals surface area contributed by atoms with Crippen LogP contribution in [0, 0.1) is 0 Å². The zero-order chi connectivity index (χ0) is 7.78. The number of rotatable bonds is 0. The Morgan fingerprint density at radius 3 is 1.58 bits per heavy atom. The van der Waals surface area contributed by atoms with Gasteiger partial charge < -0.3 is 0 Å². The van der Waals surface area contributed by atoms with E-state index in [4.69, 9.17) is 23.2 Å². The number of alkyl halides is 2. The van der Waals surface area contributed by atoms with Crippen molar-refractivity contribution < 1.29 is 22.5 Å². The van der Waals surface area contributed by atoms with E-state index < -0.39 is 21.2 Å². The molecule has 0 aromatic rings. The molecule has 5 nitrogen and oxygen atoms in total. The summed E-state index contributed by atoms with van der Waals surface area (Å²) in [6.45, 7) is 0. The van der Waals surface area contributed by atoms with Crippen LogP contribution in [0.5, 0.6) is 0 Å².